The molecule has 37 heavy (non-hydrogen) atoms. The third-order valence-corrected chi connectivity index (χ3v) is 3.95. The van der Waals surface area contributed by atoms with Crippen LogP contribution < -0.4 is 4.98 Å². The van der Waals surface area contributed by atoms with Gasteiger partial charge >= 0.3 is 25.4 Å². The van der Waals surface area contributed by atoms with Gasteiger partial charge in [0.05, 0.1) is 5.56 Å². The Morgan fingerprint density at radius 1 is 1.14 bits per heavy atom. The summed E-state index contributed by atoms with van der Waals surface area (Å²) < 4.78 is 0. The number of nitrogens with one attached hydrogen (secondary N) is 2. The SMILES string of the molecule is C=C/C(C)=C\C([NH-])C/C=C(\C=C(/[NH-])c1ccc[n-]1)c1cccc(C(=O)O)c1.N#C[S-].N#C[S-].N#C[S-].[Ru+6]. The quantitative estimate of drug-likeness (QED) is 0.163. The molecule has 0 aliphatic rings. The van der Waals surface area contributed by atoms with Gasteiger partial charge in [-0.25, -0.2) is 20.6 Å². The largest absolute Gasteiger partial charge is 6.00 e. The van der Waals surface area contributed by atoms with Crippen LogP contribution in [0.25, 0.3) is 22.7 Å². The summed E-state index contributed by atoms with van der Waals surface area (Å²) in [4.78, 5) is 15.4. The fourth-order valence-corrected chi connectivity index (χ4v) is 2.49. The molecule has 0 aliphatic heterocycles. The van der Waals surface area contributed by atoms with E-state index >= 15 is 0 Å². The Balaban J connectivity index is -0.00000101. The van der Waals surface area contributed by atoms with Crippen LogP contribution in [0.4, 0.5) is 0 Å². The van der Waals surface area contributed by atoms with Crippen LogP contribution in [0, 0.1) is 32.0 Å². The normalized spacial score (nSPS) is 10.8. The molecule has 8 nitrogen and oxygen atoms in total. The van der Waals surface area contributed by atoms with E-state index in [1.165, 1.54) is 22.3 Å². The number of thiocyanates is 3. The number of aromatic carboxylic acids is 1. The fraction of sp³-hybridized carbons (Fsp3) is 0.120. The van der Waals surface area contributed by atoms with Crippen molar-refractivity contribution in [3.8, 4) is 16.2 Å². The molecule has 0 bridgehead atoms. The van der Waals surface area contributed by atoms with E-state index in [9.17, 15) is 9.90 Å². The van der Waals surface area contributed by atoms with Crippen molar-refractivity contribution in [1.29, 1.82) is 15.8 Å². The van der Waals surface area contributed by atoms with Crippen molar-refractivity contribution < 1.29 is 29.4 Å². The van der Waals surface area contributed by atoms with Gasteiger partial charge in [-0.2, -0.15) is 17.6 Å². The van der Waals surface area contributed by atoms with E-state index in [1.54, 1.807) is 54.8 Å². The number of rotatable bonds is 8. The Morgan fingerprint density at radius 3 is 2.14 bits per heavy atom. The van der Waals surface area contributed by atoms with Crippen LogP contribution >= 0.6 is 0 Å². The summed E-state index contributed by atoms with van der Waals surface area (Å²) in [6, 6.07) is 9.61. The van der Waals surface area contributed by atoms with Gasteiger partial charge in [0.1, 0.15) is 0 Å². The second-order valence-electron chi connectivity index (χ2n) is 6.36. The Hall–Kier alpha value is -3.56. The summed E-state index contributed by atoms with van der Waals surface area (Å²) in [5, 5.41) is 34.6. The zero-order valence-electron chi connectivity index (χ0n) is 19.6. The van der Waals surface area contributed by atoms with E-state index in [4.69, 9.17) is 27.3 Å². The maximum absolute atomic E-state index is 11.3. The number of hydrogen-bond donors (Lipinski definition) is 1. The molecule has 0 saturated heterocycles. The van der Waals surface area contributed by atoms with Gasteiger partial charge in [0.15, 0.2) is 0 Å². The number of benzene rings is 1. The van der Waals surface area contributed by atoms with Crippen LogP contribution in [0.3, 0.4) is 0 Å². The first-order valence-corrected chi connectivity index (χ1v) is 11.0. The average molecular weight is 636 g/mol. The minimum absolute atomic E-state index is 0. The number of carboxylic acid groups (broad SMARTS) is 1. The van der Waals surface area contributed by atoms with Gasteiger partial charge in [0, 0.05) is 0 Å². The molecule has 0 radical (unpaired) electrons. The van der Waals surface area contributed by atoms with Crippen molar-refractivity contribution in [3.63, 3.8) is 0 Å². The third-order valence-electron chi connectivity index (χ3n) is 3.95. The Kier molecular flexibility index (Phi) is 24.8. The number of carboxylic acids is 1. The van der Waals surface area contributed by atoms with Crippen LogP contribution in [0.2, 0.25) is 0 Å². The van der Waals surface area contributed by atoms with Crippen LogP contribution in [-0.4, -0.2) is 17.1 Å². The second kappa shape index (κ2) is 24.2. The molecule has 1 atom stereocenters. The molecule has 1 aromatic heterocycles. The zero-order valence-corrected chi connectivity index (χ0v) is 23.8. The number of nitrogens with zero attached hydrogens (tertiary/aromatic N) is 4. The molecule has 3 N–H and O–H groups in total. The van der Waals surface area contributed by atoms with Crippen molar-refractivity contribution in [3.05, 3.63) is 107 Å². The van der Waals surface area contributed by atoms with E-state index < -0.39 is 12.0 Å². The van der Waals surface area contributed by atoms with Gasteiger partial charge in [-0.3, -0.25) is 0 Å². The molecule has 190 valence electrons. The zero-order chi connectivity index (χ0) is 27.9. The third kappa shape index (κ3) is 18.4. The average Bonchev–Trinajstić information content (AvgIpc) is 3.38. The first-order chi connectivity index (χ1) is 17.1. The topological polar surface area (TPSA) is 170 Å². The monoisotopic (exact) mass is 636 g/mol. The van der Waals surface area contributed by atoms with Gasteiger partial charge < -0.3 is 59.4 Å². The second-order valence-corrected chi connectivity index (χ2v) is 6.90. The molecule has 0 saturated carbocycles. The van der Waals surface area contributed by atoms with E-state index in [2.05, 4.69) is 49.4 Å². The molecule has 2 rings (SSSR count). The van der Waals surface area contributed by atoms with Crippen molar-refractivity contribution in [2.24, 2.45) is 0 Å². The predicted octanol–water partition coefficient (Wildman–Crippen LogP) is 5.80. The minimum atomic E-state index is -1.01. The first kappa shape index (κ1) is 38.0. The molecule has 1 aromatic carbocycles. The summed E-state index contributed by atoms with van der Waals surface area (Å²) in [5.74, 6) is -1.01. The molecular weight excluding hydrogens is 614 g/mol. The molecule has 12 heteroatoms. The van der Waals surface area contributed by atoms with E-state index in [1.807, 2.05) is 13.0 Å². The van der Waals surface area contributed by atoms with E-state index in [0.29, 0.717) is 23.3 Å². The summed E-state index contributed by atoms with van der Waals surface area (Å²) in [6.45, 7) is 5.57. The van der Waals surface area contributed by atoms with Crippen LogP contribution in [0.15, 0.2) is 79.1 Å². The molecule has 0 amide bonds. The fourth-order valence-electron chi connectivity index (χ4n) is 2.49. The van der Waals surface area contributed by atoms with Crippen LogP contribution in [0.5, 0.6) is 0 Å². The summed E-state index contributed by atoms with van der Waals surface area (Å²) in [5.41, 5.74) is 19.6. The van der Waals surface area contributed by atoms with Crippen LogP contribution in [-0.2, 0) is 57.4 Å². The number of carbonyl (C=O) groups is 1. The smallest absolute Gasteiger partial charge is 0.700 e. The molecule has 0 fully saturated rings. The summed E-state index contributed by atoms with van der Waals surface area (Å²) in [6.07, 6.45) is 9.05. The molecule has 2 aromatic rings. The Bertz CT molecular complexity index is 1150. The molecule has 0 aliphatic carbocycles. The van der Waals surface area contributed by atoms with Gasteiger partial charge in [-0.15, -0.1) is 6.04 Å². The van der Waals surface area contributed by atoms with Gasteiger partial charge in [0.25, 0.3) is 0 Å². The molecule has 0 spiro atoms. The minimum Gasteiger partial charge on any atom is -0.700 e. The van der Waals surface area contributed by atoms with Gasteiger partial charge in [0.2, 0.25) is 0 Å². The summed E-state index contributed by atoms with van der Waals surface area (Å²) in [7, 11) is 0. The Morgan fingerprint density at radius 2 is 1.68 bits per heavy atom. The predicted molar refractivity (Wildman–Crippen MR) is 149 cm³/mol. The standard InChI is InChI=1S/C22H22N3O2.3CHNS.Ru/c1-3-15(2)12-19(23)10-9-17(14-20(24)21-8-5-11-25-21)16-6-4-7-18(13-16)22(26)27;3*2-1-3;/h3-9,11-14,19,23-24H,1,10H2,2H3,(H,26,27);3*3H;/q-3;;;;+6/p-3/b15-12-,17-9+,20-14-;;;;. The number of nitriles is 3. The molecular formula is C25H22N6O2RuS3. The maximum atomic E-state index is 11.3. The van der Waals surface area contributed by atoms with Crippen molar-refractivity contribution in [2.45, 2.75) is 19.4 Å². The van der Waals surface area contributed by atoms with E-state index in [0.717, 1.165) is 5.57 Å². The molecule has 1 heterocycles. The Labute approximate surface area is 247 Å². The van der Waals surface area contributed by atoms with Crippen molar-refractivity contribution in [2.75, 3.05) is 0 Å². The van der Waals surface area contributed by atoms with E-state index in [-0.39, 0.29) is 30.7 Å². The van der Waals surface area contributed by atoms with Gasteiger partial charge in [-0.05, 0) is 36.6 Å². The molecule has 1 unspecified atom stereocenters. The first-order valence-electron chi connectivity index (χ1n) is 9.76. The van der Waals surface area contributed by atoms with Crippen molar-refractivity contribution in [1.82, 2.24) is 4.98 Å². The number of allylic oxidation sites excluding steroid dienone is 4. The summed E-state index contributed by atoms with van der Waals surface area (Å²) >= 11 is 11.1. The number of aromatic nitrogens is 1. The van der Waals surface area contributed by atoms with Crippen molar-refractivity contribution >= 4 is 55.1 Å². The van der Waals surface area contributed by atoms with Crippen LogP contribution in [0.1, 0.15) is 35.0 Å². The van der Waals surface area contributed by atoms with Gasteiger partial charge in [-0.1, -0.05) is 76.9 Å². The number of hydrogen-bond acceptors (Lipinski definition) is 7. The maximum Gasteiger partial charge on any atom is 6.00 e.